The topological polar surface area (TPSA) is 64.1 Å². The number of nitrogens with one attached hydrogen (secondary N) is 1. The number of nitrogens with zero attached hydrogens (tertiary/aromatic N) is 2. The second-order valence-electron chi connectivity index (χ2n) is 3.96. The van der Waals surface area contributed by atoms with Gasteiger partial charge in [-0.3, -0.25) is 10.1 Å². The number of carbonyl (C=O) groups is 1. The molecule has 1 heterocycles. The molecule has 0 atom stereocenters. The Morgan fingerprint density at radius 2 is 2.26 bits per heavy atom. The third-order valence-corrected chi connectivity index (χ3v) is 3.07. The molecule has 0 unspecified atom stereocenters. The number of ether oxygens (including phenoxy) is 1. The maximum Gasteiger partial charge on any atom is 0.257 e. The first-order valence-electron chi connectivity index (χ1n) is 6.03. The summed E-state index contributed by atoms with van der Waals surface area (Å²) in [5.74, 6) is 0.487. The molecule has 1 N–H and O–H groups in total. The Morgan fingerprint density at radius 1 is 1.42 bits per heavy atom. The molecule has 2 aromatic rings. The lowest BCUT2D eigenvalue weighted by Gasteiger charge is -2.06. The normalized spacial score (nSPS) is 10.2. The van der Waals surface area contributed by atoms with Crippen LogP contribution in [0.1, 0.15) is 28.7 Å². The van der Waals surface area contributed by atoms with E-state index in [1.54, 1.807) is 18.2 Å². The molecule has 0 saturated heterocycles. The standard InChI is InChI=1S/C13H15N3O2S/c1-3-7-18-11-6-4-5-10(8-11)12(17)14-13-16-15-9(2)19-13/h4-6,8H,3,7H2,1-2H3,(H,14,16,17). The van der Waals surface area contributed by atoms with E-state index in [1.807, 2.05) is 19.9 Å². The minimum Gasteiger partial charge on any atom is -0.494 e. The van der Waals surface area contributed by atoms with Crippen LogP contribution >= 0.6 is 11.3 Å². The first-order chi connectivity index (χ1) is 9.19. The van der Waals surface area contributed by atoms with E-state index >= 15 is 0 Å². The molecule has 0 aliphatic carbocycles. The summed E-state index contributed by atoms with van der Waals surface area (Å²) < 4.78 is 5.49. The predicted octanol–water partition coefficient (Wildman–Crippen LogP) is 2.89. The van der Waals surface area contributed by atoms with Gasteiger partial charge in [0.15, 0.2) is 0 Å². The molecule has 1 aromatic heterocycles. The molecule has 19 heavy (non-hydrogen) atoms. The molecular weight excluding hydrogens is 262 g/mol. The molecule has 6 heteroatoms. The summed E-state index contributed by atoms with van der Waals surface area (Å²) in [5.41, 5.74) is 0.543. The third-order valence-electron chi connectivity index (χ3n) is 2.32. The van der Waals surface area contributed by atoms with Crippen molar-refractivity contribution in [1.82, 2.24) is 10.2 Å². The van der Waals surface area contributed by atoms with Gasteiger partial charge in [-0.25, -0.2) is 0 Å². The first kappa shape index (κ1) is 13.5. The Bertz CT molecular complexity index is 569. The Labute approximate surface area is 115 Å². The molecule has 100 valence electrons. The molecule has 0 fully saturated rings. The maximum absolute atomic E-state index is 12.0. The number of hydrogen-bond donors (Lipinski definition) is 1. The van der Waals surface area contributed by atoms with Gasteiger partial charge >= 0.3 is 0 Å². The highest BCUT2D eigenvalue weighted by Gasteiger charge is 2.09. The van der Waals surface area contributed by atoms with E-state index in [4.69, 9.17) is 4.74 Å². The van der Waals surface area contributed by atoms with Crippen LogP contribution in [0.15, 0.2) is 24.3 Å². The van der Waals surface area contributed by atoms with E-state index in [-0.39, 0.29) is 5.91 Å². The molecule has 5 nitrogen and oxygen atoms in total. The number of aryl methyl sites for hydroxylation is 1. The number of hydrogen-bond acceptors (Lipinski definition) is 5. The maximum atomic E-state index is 12.0. The lowest BCUT2D eigenvalue weighted by molar-refractivity contribution is 0.102. The average molecular weight is 277 g/mol. The van der Waals surface area contributed by atoms with Crippen molar-refractivity contribution >= 4 is 22.4 Å². The summed E-state index contributed by atoms with van der Waals surface area (Å²) in [4.78, 5) is 12.0. The zero-order chi connectivity index (χ0) is 13.7. The Hall–Kier alpha value is -1.95. The molecule has 1 amide bonds. The fourth-order valence-corrected chi connectivity index (χ4v) is 2.05. The van der Waals surface area contributed by atoms with E-state index in [0.29, 0.717) is 23.1 Å². The van der Waals surface area contributed by atoms with Crippen molar-refractivity contribution in [2.24, 2.45) is 0 Å². The third kappa shape index (κ3) is 3.75. The Kier molecular flexibility index (Phi) is 4.46. The van der Waals surface area contributed by atoms with Crippen molar-refractivity contribution < 1.29 is 9.53 Å². The molecule has 0 saturated carbocycles. The minimum atomic E-state index is -0.210. The monoisotopic (exact) mass is 277 g/mol. The second-order valence-corrected chi connectivity index (χ2v) is 5.14. The van der Waals surface area contributed by atoms with Gasteiger partial charge < -0.3 is 4.74 Å². The zero-order valence-corrected chi connectivity index (χ0v) is 11.7. The van der Waals surface area contributed by atoms with Crippen LogP contribution in [0.3, 0.4) is 0 Å². The summed E-state index contributed by atoms with van der Waals surface area (Å²) in [6.07, 6.45) is 0.931. The molecule has 2 rings (SSSR count). The van der Waals surface area contributed by atoms with Gasteiger partial charge in [0.2, 0.25) is 5.13 Å². The summed E-state index contributed by atoms with van der Waals surface area (Å²) in [6.45, 7) is 4.52. The number of carbonyl (C=O) groups excluding carboxylic acids is 1. The molecule has 0 aliphatic rings. The van der Waals surface area contributed by atoms with Crippen molar-refractivity contribution in [3.05, 3.63) is 34.8 Å². The van der Waals surface area contributed by atoms with E-state index in [1.165, 1.54) is 11.3 Å². The van der Waals surface area contributed by atoms with E-state index < -0.39 is 0 Å². The van der Waals surface area contributed by atoms with Crippen LogP contribution < -0.4 is 10.1 Å². The predicted molar refractivity (Wildman–Crippen MR) is 74.8 cm³/mol. The lowest BCUT2D eigenvalue weighted by atomic mass is 10.2. The minimum absolute atomic E-state index is 0.210. The zero-order valence-electron chi connectivity index (χ0n) is 10.8. The molecule has 0 bridgehead atoms. The fraction of sp³-hybridized carbons (Fsp3) is 0.308. The van der Waals surface area contributed by atoms with Crippen LogP contribution in [-0.2, 0) is 0 Å². The highest BCUT2D eigenvalue weighted by Crippen LogP contribution is 2.17. The quantitative estimate of drug-likeness (QED) is 0.912. The Morgan fingerprint density at radius 3 is 2.95 bits per heavy atom. The molecule has 0 aliphatic heterocycles. The van der Waals surface area contributed by atoms with Crippen LogP contribution in [0.2, 0.25) is 0 Å². The number of anilines is 1. The van der Waals surface area contributed by atoms with Crippen LogP contribution in [0.5, 0.6) is 5.75 Å². The van der Waals surface area contributed by atoms with Crippen molar-refractivity contribution in [2.75, 3.05) is 11.9 Å². The smallest absolute Gasteiger partial charge is 0.257 e. The van der Waals surface area contributed by atoms with E-state index in [2.05, 4.69) is 15.5 Å². The molecule has 1 aromatic carbocycles. The van der Waals surface area contributed by atoms with Gasteiger partial charge in [-0.2, -0.15) is 0 Å². The van der Waals surface area contributed by atoms with Crippen molar-refractivity contribution in [3.8, 4) is 5.75 Å². The summed E-state index contributed by atoms with van der Waals surface area (Å²) in [5, 5.41) is 11.7. The fourth-order valence-electron chi connectivity index (χ4n) is 1.46. The first-order valence-corrected chi connectivity index (χ1v) is 6.85. The van der Waals surface area contributed by atoms with Crippen molar-refractivity contribution in [2.45, 2.75) is 20.3 Å². The highest BCUT2D eigenvalue weighted by molar-refractivity contribution is 7.15. The SMILES string of the molecule is CCCOc1cccc(C(=O)Nc2nnc(C)s2)c1. The molecular formula is C13H15N3O2S. The number of aromatic nitrogens is 2. The molecule has 0 radical (unpaired) electrons. The van der Waals surface area contributed by atoms with Gasteiger partial charge in [0.25, 0.3) is 5.91 Å². The van der Waals surface area contributed by atoms with E-state index in [9.17, 15) is 4.79 Å². The average Bonchev–Trinajstić information content (AvgIpc) is 2.82. The van der Waals surface area contributed by atoms with Gasteiger partial charge in [-0.05, 0) is 31.5 Å². The van der Waals surface area contributed by atoms with Crippen LogP contribution in [0, 0.1) is 6.92 Å². The van der Waals surface area contributed by atoms with Gasteiger partial charge in [0, 0.05) is 5.56 Å². The van der Waals surface area contributed by atoms with Crippen molar-refractivity contribution in [1.29, 1.82) is 0 Å². The largest absolute Gasteiger partial charge is 0.494 e. The van der Waals surface area contributed by atoms with Gasteiger partial charge in [-0.1, -0.05) is 24.3 Å². The Balaban J connectivity index is 2.06. The van der Waals surface area contributed by atoms with Gasteiger partial charge in [0.05, 0.1) is 6.61 Å². The van der Waals surface area contributed by atoms with E-state index in [0.717, 1.165) is 11.4 Å². The highest BCUT2D eigenvalue weighted by atomic mass is 32.1. The van der Waals surface area contributed by atoms with Crippen LogP contribution in [-0.4, -0.2) is 22.7 Å². The van der Waals surface area contributed by atoms with Crippen LogP contribution in [0.4, 0.5) is 5.13 Å². The summed E-state index contributed by atoms with van der Waals surface area (Å²) in [6, 6.07) is 7.09. The second kappa shape index (κ2) is 6.29. The number of amides is 1. The molecule has 0 spiro atoms. The van der Waals surface area contributed by atoms with Crippen molar-refractivity contribution in [3.63, 3.8) is 0 Å². The lowest BCUT2D eigenvalue weighted by Crippen LogP contribution is -2.11. The van der Waals surface area contributed by atoms with Gasteiger partial charge in [0.1, 0.15) is 10.8 Å². The van der Waals surface area contributed by atoms with Crippen LogP contribution in [0.25, 0.3) is 0 Å². The summed E-state index contributed by atoms with van der Waals surface area (Å²) in [7, 11) is 0. The number of benzene rings is 1. The van der Waals surface area contributed by atoms with Gasteiger partial charge in [-0.15, -0.1) is 10.2 Å². The number of rotatable bonds is 5. The summed E-state index contributed by atoms with van der Waals surface area (Å²) >= 11 is 1.34.